The highest BCUT2D eigenvalue weighted by Crippen LogP contribution is 2.22. The fraction of sp³-hybridized carbons (Fsp3) is 0.500. The van der Waals surface area contributed by atoms with Crippen LogP contribution < -0.4 is 15.4 Å². The van der Waals surface area contributed by atoms with Crippen molar-refractivity contribution in [1.29, 1.82) is 0 Å². The number of ether oxygens (including phenoxy) is 1. The molecule has 5 nitrogen and oxygen atoms in total. The van der Waals surface area contributed by atoms with Crippen molar-refractivity contribution in [3.63, 3.8) is 0 Å². The van der Waals surface area contributed by atoms with E-state index in [1.165, 1.54) is 0 Å². The molecule has 1 rings (SSSR count). The molecule has 0 radical (unpaired) electrons. The Morgan fingerprint density at radius 2 is 2.10 bits per heavy atom. The van der Waals surface area contributed by atoms with Gasteiger partial charge in [0.15, 0.2) is 0 Å². The summed E-state index contributed by atoms with van der Waals surface area (Å²) < 4.78 is 5.50. The molecular formula is C14H21ClN2O3. The van der Waals surface area contributed by atoms with E-state index >= 15 is 0 Å². The number of para-hydroxylation sites is 1. The Balaban J connectivity index is 2.17. The van der Waals surface area contributed by atoms with Crippen molar-refractivity contribution in [2.75, 3.05) is 19.8 Å². The fourth-order valence-corrected chi connectivity index (χ4v) is 1.60. The summed E-state index contributed by atoms with van der Waals surface area (Å²) in [6.07, 6.45) is 0.665. The summed E-state index contributed by atoms with van der Waals surface area (Å²) >= 11 is 5.95. The van der Waals surface area contributed by atoms with E-state index in [9.17, 15) is 4.79 Å². The van der Waals surface area contributed by atoms with Crippen LogP contribution in [-0.2, 0) is 0 Å². The van der Waals surface area contributed by atoms with Crippen LogP contribution in [0.4, 0.5) is 4.79 Å². The maximum absolute atomic E-state index is 11.5. The second-order valence-corrected chi connectivity index (χ2v) is 5.46. The van der Waals surface area contributed by atoms with Crippen molar-refractivity contribution in [1.82, 2.24) is 10.6 Å². The van der Waals surface area contributed by atoms with Gasteiger partial charge in [0.05, 0.1) is 23.8 Å². The van der Waals surface area contributed by atoms with Gasteiger partial charge in [0.25, 0.3) is 0 Å². The number of carbonyl (C=O) groups excluding carboxylic acids is 1. The Kier molecular flexibility index (Phi) is 6.61. The van der Waals surface area contributed by atoms with Crippen LogP contribution in [-0.4, -0.2) is 36.4 Å². The molecule has 0 aliphatic carbocycles. The van der Waals surface area contributed by atoms with E-state index in [2.05, 4.69) is 10.6 Å². The third-order valence-electron chi connectivity index (χ3n) is 2.55. The number of carbonyl (C=O) groups is 1. The number of amides is 2. The molecule has 0 unspecified atom stereocenters. The Labute approximate surface area is 124 Å². The lowest BCUT2D eigenvalue weighted by Crippen LogP contribution is -2.50. The highest BCUT2D eigenvalue weighted by molar-refractivity contribution is 6.32. The molecule has 1 aromatic rings. The van der Waals surface area contributed by atoms with Crippen LogP contribution in [0.2, 0.25) is 5.02 Å². The number of aliphatic hydroxyl groups excluding tert-OH is 1. The minimum absolute atomic E-state index is 0.115. The number of nitrogens with one attached hydrogen (secondary N) is 2. The molecule has 0 aliphatic heterocycles. The highest BCUT2D eigenvalue weighted by atomic mass is 35.5. The zero-order valence-corrected chi connectivity index (χ0v) is 12.5. The van der Waals surface area contributed by atoms with Gasteiger partial charge in [-0.25, -0.2) is 4.79 Å². The SMILES string of the molecule is CC(C)(CO)NC(=O)NCCCOc1ccccc1Cl. The minimum Gasteiger partial charge on any atom is -0.492 e. The lowest BCUT2D eigenvalue weighted by Gasteiger charge is -2.23. The van der Waals surface area contributed by atoms with Gasteiger partial charge in [-0.15, -0.1) is 0 Å². The Morgan fingerprint density at radius 3 is 2.75 bits per heavy atom. The van der Waals surface area contributed by atoms with Crippen molar-refractivity contribution < 1.29 is 14.6 Å². The van der Waals surface area contributed by atoms with Crippen molar-refractivity contribution >= 4 is 17.6 Å². The Morgan fingerprint density at radius 1 is 1.40 bits per heavy atom. The molecule has 0 aliphatic rings. The van der Waals surface area contributed by atoms with Gasteiger partial charge in [-0.05, 0) is 32.4 Å². The van der Waals surface area contributed by atoms with Crippen molar-refractivity contribution in [2.24, 2.45) is 0 Å². The average molecular weight is 301 g/mol. The number of urea groups is 1. The number of hydrogen-bond acceptors (Lipinski definition) is 3. The first-order valence-electron chi connectivity index (χ1n) is 6.49. The van der Waals surface area contributed by atoms with Crippen LogP contribution in [0.25, 0.3) is 0 Å². The van der Waals surface area contributed by atoms with Gasteiger partial charge in [-0.1, -0.05) is 23.7 Å². The molecule has 20 heavy (non-hydrogen) atoms. The van der Waals surface area contributed by atoms with E-state index in [0.717, 1.165) is 0 Å². The Bertz CT molecular complexity index is 438. The number of halogens is 1. The molecule has 0 spiro atoms. The highest BCUT2D eigenvalue weighted by Gasteiger charge is 2.18. The topological polar surface area (TPSA) is 70.6 Å². The molecular weight excluding hydrogens is 280 g/mol. The predicted molar refractivity (Wildman–Crippen MR) is 79.3 cm³/mol. The zero-order chi connectivity index (χ0) is 15.0. The molecule has 3 N–H and O–H groups in total. The molecule has 0 bridgehead atoms. The van der Waals surface area contributed by atoms with E-state index in [-0.39, 0.29) is 12.6 Å². The zero-order valence-electron chi connectivity index (χ0n) is 11.8. The summed E-state index contributed by atoms with van der Waals surface area (Å²) in [5.41, 5.74) is -0.627. The van der Waals surface area contributed by atoms with Crippen molar-refractivity contribution in [3.8, 4) is 5.75 Å². The number of hydrogen-bond donors (Lipinski definition) is 3. The molecule has 0 heterocycles. The summed E-state index contributed by atoms with van der Waals surface area (Å²) in [7, 11) is 0. The molecule has 0 saturated heterocycles. The quantitative estimate of drug-likeness (QED) is 0.676. The van der Waals surface area contributed by atoms with E-state index < -0.39 is 5.54 Å². The predicted octanol–water partition coefficient (Wildman–Crippen LogP) is 2.18. The van der Waals surface area contributed by atoms with Gasteiger partial charge in [-0.2, -0.15) is 0 Å². The van der Waals surface area contributed by atoms with Crippen LogP contribution in [0.15, 0.2) is 24.3 Å². The number of benzene rings is 1. The molecule has 6 heteroatoms. The van der Waals surface area contributed by atoms with Gasteiger partial charge in [0.2, 0.25) is 0 Å². The third-order valence-corrected chi connectivity index (χ3v) is 2.86. The van der Waals surface area contributed by atoms with Crippen LogP contribution in [0.5, 0.6) is 5.75 Å². The van der Waals surface area contributed by atoms with Crippen molar-refractivity contribution in [3.05, 3.63) is 29.3 Å². The lowest BCUT2D eigenvalue weighted by atomic mass is 10.1. The van der Waals surface area contributed by atoms with Crippen molar-refractivity contribution in [2.45, 2.75) is 25.8 Å². The Hall–Kier alpha value is -1.46. The summed E-state index contributed by atoms with van der Waals surface area (Å²) in [5, 5.41) is 15.0. The summed E-state index contributed by atoms with van der Waals surface area (Å²) in [6.45, 7) is 4.32. The van der Waals surface area contributed by atoms with E-state index in [1.807, 2.05) is 12.1 Å². The lowest BCUT2D eigenvalue weighted by molar-refractivity contribution is 0.181. The summed E-state index contributed by atoms with van der Waals surface area (Å²) in [5.74, 6) is 0.639. The van der Waals surface area contributed by atoms with E-state index in [0.29, 0.717) is 30.3 Å². The fourth-order valence-electron chi connectivity index (χ4n) is 1.41. The van der Waals surface area contributed by atoms with Crippen LogP contribution >= 0.6 is 11.6 Å². The minimum atomic E-state index is -0.627. The van der Waals surface area contributed by atoms with Crippen LogP contribution in [0.3, 0.4) is 0 Å². The molecule has 2 amide bonds. The smallest absolute Gasteiger partial charge is 0.315 e. The average Bonchev–Trinajstić information content (AvgIpc) is 2.40. The first-order chi connectivity index (χ1) is 9.44. The summed E-state index contributed by atoms with van der Waals surface area (Å²) in [4.78, 5) is 11.5. The molecule has 1 aromatic carbocycles. The van der Waals surface area contributed by atoms with E-state index in [4.69, 9.17) is 21.4 Å². The molecule has 0 saturated carbocycles. The maximum Gasteiger partial charge on any atom is 0.315 e. The first kappa shape index (κ1) is 16.6. The second-order valence-electron chi connectivity index (χ2n) is 5.06. The normalized spacial score (nSPS) is 11.0. The monoisotopic (exact) mass is 300 g/mol. The van der Waals surface area contributed by atoms with Gasteiger partial charge < -0.3 is 20.5 Å². The molecule has 0 fully saturated rings. The standard InChI is InChI=1S/C14H21ClN2O3/c1-14(2,10-18)17-13(19)16-8-5-9-20-12-7-4-3-6-11(12)15/h3-4,6-7,18H,5,8-10H2,1-2H3,(H2,16,17,19). The van der Waals surface area contributed by atoms with Gasteiger partial charge in [0.1, 0.15) is 5.75 Å². The van der Waals surface area contributed by atoms with Gasteiger partial charge >= 0.3 is 6.03 Å². The second kappa shape index (κ2) is 7.97. The maximum atomic E-state index is 11.5. The number of aliphatic hydroxyl groups is 1. The molecule has 0 atom stereocenters. The summed E-state index contributed by atoms with van der Waals surface area (Å²) in [6, 6.07) is 6.95. The van der Waals surface area contributed by atoms with E-state index in [1.54, 1.807) is 26.0 Å². The van der Waals surface area contributed by atoms with Crippen LogP contribution in [0.1, 0.15) is 20.3 Å². The van der Waals surface area contributed by atoms with Crippen LogP contribution in [0, 0.1) is 0 Å². The van der Waals surface area contributed by atoms with Gasteiger partial charge in [-0.3, -0.25) is 0 Å². The first-order valence-corrected chi connectivity index (χ1v) is 6.86. The third kappa shape index (κ3) is 6.12. The molecule has 0 aromatic heterocycles. The largest absolute Gasteiger partial charge is 0.492 e. The number of rotatable bonds is 7. The van der Waals surface area contributed by atoms with Gasteiger partial charge in [0, 0.05) is 6.54 Å². The molecule has 112 valence electrons.